The Morgan fingerprint density at radius 2 is 2.00 bits per heavy atom. The molecule has 24 heavy (non-hydrogen) atoms. The number of hydrogen-bond donors (Lipinski definition) is 1. The number of carbonyl (C=O) groups excluding carboxylic acids is 1. The second-order valence-corrected chi connectivity index (χ2v) is 8.44. The van der Waals surface area contributed by atoms with Gasteiger partial charge in [0.1, 0.15) is 4.83 Å². The van der Waals surface area contributed by atoms with E-state index >= 15 is 0 Å². The molecule has 2 aromatic rings. The van der Waals surface area contributed by atoms with E-state index in [2.05, 4.69) is 24.1 Å². The zero-order valence-corrected chi connectivity index (χ0v) is 16.7. The van der Waals surface area contributed by atoms with Gasteiger partial charge in [-0.05, 0) is 39.2 Å². The number of thiophene rings is 1. The zero-order chi connectivity index (χ0) is 18.0. The van der Waals surface area contributed by atoms with Crippen LogP contribution in [0.3, 0.4) is 0 Å². The van der Waals surface area contributed by atoms with Crippen LogP contribution in [0.4, 0.5) is 0 Å². The van der Waals surface area contributed by atoms with Gasteiger partial charge in [-0.2, -0.15) is 0 Å². The number of carbonyl (C=O) groups is 1. The minimum atomic E-state index is -0.0308. The Hall–Kier alpha value is -1.34. The number of nitrogens with one attached hydrogen (secondary N) is 1. The summed E-state index contributed by atoms with van der Waals surface area (Å²) >= 11 is 2.86. The SMILES string of the molecule is CCn1c(SCC(=O)N[C@H](C)C(C)C)nc2sc(C)c(C)c2c1=O. The summed E-state index contributed by atoms with van der Waals surface area (Å²) in [5.74, 6) is 0.620. The van der Waals surface area contributed by atoms with Crippen molar-refractivity contribution in [2.24, 2.45) is 5.92 Å². The van der Waals surface area contributed by atoms with Gasteiger partial charge in [-0.1, -0.05) is 25.6 Å². The van der Waals surface area contributed by atoms with Gasteiger partial charge in [0.25, 0.3) is 5.56 Å². The Bertz CT molecular complexity index is 808. The Balaban J connectivity index is 2.26. The molecule has 0 aliphatic carbocycles. The summed E-state index contributed by atoms with van der Waals surface area (Å²) in [7, 11) is 0. The Morgan fingerprint density at radius 1 is 1.33 bits per heavy atom. The minimum Gasteiger partial charge on any atom is -0.353 e. The maximum Gasteiger partial charge on any atom is 0.263 e. The molecule has 7 heteroatoms. The van der Waals surface area contributed by atoms with Crippen LogP contribution in [0.25, 0.3) is 10.2 Å². The van der Waals surface area contributed by atoms with Crippen LogP contribution in [-0.2, 0) is 11.3 Å². The molecule has 0 fully saturated rings. The fourth-order valence-electron chi connectivity index (χ4n) is 2.29. The summed E-state index contributed by atoms with van der Waals surface area (Å²) in [6, 6.07) is 0.129. The minimum absolute atomic E-state index is 0.0113. The van der Waals surface area contributed by atoms with Gasteiger partial charge in [0.2, 0.25) is 5.91 Å². The molecule has 0 saturated heterocycles. The first-order valence-electron chi connectivity index (χ1n) is 8.18. The molecule has 0 unspecified atom stereocenters. The van der Waals surface area contributed by atoms with Crippen LogP contribution in [0.15, 0.2) is 9.95 Å². The van der Waals surface area contributed by atoms with Gasteiger partial charge in [0.05, 0.1) is 11.1 Å². The van der Waals surface area contributed by atoms with Crippen molar-refractivity contribution in [1.82, 2.24) is 14.9 Å². The van der Waals surface area contributed by atoms with Crippen molar-refractivity contribution in [2.45, 2.75) is 59.3 Å². The lowest BCUT2D eigenvalue weighted by atomic mass is 10.1. The molecular formula is C17H25N3O2S2. The molecule has 0 bridgehead atoms. The van der Waals surface area contributed by atoms with Gasteiger partial charge in [0.15, 0.2) is 5.16 Å². The molecule has 0 aliphatic heterocycles. The van der Waals surface area contributed by atoms with Crippen molar-refractivity contribution in [2.75, 3.05) is 5.75 Å². The van der Waals surface area contributed by atoms with E-state index in [1.54, 1.807) is 4.57 Å². The van der Waals surface area contributed by atoms with E-state index in [0.29, 0.717) is 23.0 Å². The fraction of sp³-hybridized carbons (Fsp3) is 0.588. The molecule has 0 spiro atoms. The Kier molecular flexibility index (Phi) is 6.09. The third-order valence-corrected chi connectivity index (χ3v) is 6.37. The molecule has 2 heterocycles. The molecular weight excluding hydrogens is 342 g/mol. The second kappa shape index (κ2) is 7.70. The molecule has 0 radical (unpaired) electrons. The van der Waals surface area contributed by atoms with Crippen LogP contribution in [-0.4, -0.2) is 27.3 Å². The number of aromatic nitrogens is 2. The summed E-state index contributed by atoms with van der Waals surface area (Å²) in [6.45, 7) is 12.6. The number of thioether (sulfide) groups is 1. The van der Waals surface area contributed by atoms with E-state index < -0.39 is 0 Å². The molecule has 0 saturated carbocycles. The van der Waals surface area contributed by atoms with Gasteiger partial charge >= 0.3 is 0 Å². The molecule has 0 aromatic carbocycles. The van der Waals surface area contributed by atoms with Crippen LogP contribution in [0, 0.1) is 19.8 Å². The summed E-state index contributed by atoms with van der Waals surface area (Å²) in [4.78, 5) is 31.4. The average Bonchev–Trinajstić information content (AvgIpc) is 2.80. The van der Waals surface area contributed by atoms with Crippen molar-refractivity contribution in [3.05, 3.63) is 20.8 Å². The van der Waals surface area contributed by atoms with E-state index in [1.807, 2.05) is 27.7 Å². The van der Waals surface area contributed by atoms with Gasteiger partial charge < -0.3 is 5.32 Å². The maximum atomic E-state index is 12.7. The number of hydrogen-bond acceptors (Lipinski definition) is 5. The van der Waals surface area contributed by atoms with E-state index in [1.165, 1.54) is 23.1 Å². The largest absolute Gasteiger partial charge is 0.353 e. The summed E-state index contributed by atoms with van der Waals surface area (Å²) in [6.07, 6.45) is 0. The third-order valence-electron chi connectivity index (χ3n) is 4.29. The molecule has 2 aromatic heterocycles. The topological polar surface area (TPSA) is 64.0 Å². The molecule has 1 N–H and O–H groups in total. The van der Waals surface area contributed by atoms with Gasteiger partial charge in [-0.15, -0.1) is 11.3 Å². The number of aryl methyl sites for hydroxylation is 2. The van der Waals surface area contributed by atoms with Crippen molar-refractivity contribution in [1.29, 1.82) is 0 Å². The maximum absolute atomic E-state index is 12.7. The number of rotatable bonds is 6. The monoisotopic (exact) mass is 367 g/mol. The highest BCUT2D eigenvalue weighted by atomic mass is 32.2. The van der Waals surface area contributed by atoms with Crippen LogP contribution >= 0.6 is 23.1 Å². The lowest BCUT2D eigenvalue weighted by Gasteiger charge is -2.17. The second-order valence-electron chi connectivity index (χ2n) is 6.30. The predicted molar refractivity (Wildman–Crippen MR) is 102 cm³/mol. The van der Waals surface area contributed by atoms with Crippen LogP contribution in [0.1, 0.15) is 38.1 Å². The van der Waals surface area contributed by atoms with E-state index in [-0.39, 0.29) is 23.3 Å². The van der Waals surface area contributed by atoms with Gasteiger partial charge in [0, 0.05) is 17.5 Å². The van der Waals surface area contributed by atoms with E-state index in [9.17, 15) is 9.59 Å². The molecule has 1 atom stereocenters. The van der Waals surface area contributed by atoms with Gasteiger partial charge in [-0.25, -0.2) is 4.98 Å². The van der Waals surface area contributed by atoms with Crippen LogP contribution in [0.5, 0.6) is 0 Å². The first kappa shape index (κ1) is 19.0. The Labute approximate surface area is 150 Å². The molecule has 0 aliphatic rings. The highest BCUT2D eigenvalue weighted by Gasteiger charge is 2.17. The first-order chi connectivity index (χ1) is 11.3. The van der Waals surface area contributed by atoms with Crippen LogP contribution in [0.2, 0.25) is 0 Å². The summed E-state index contributed by atoms with van der Waals surface area (Å²) in [5, 5.41) is 4.30. The Morgan fingerprint density at radius 3 is 2.58 bits per heavy atom. The standard InChI is InChI=1S/C17H25N3O2S2/c1-7-20-16(22)14-10(4)12(6)24-15(14)19-17(20)23-8-13(21)18-11(5)9(2)3/h9,11H,7-8H2,1-6H3,(H,18,21)/t11-/m1/s1. The van der Waals surface area contributed by atoms with Crippen molar-refractivity contribution >= 4 is 39.2 Å². The predicted octanol–water partition coefficient (Wildman–Crippen LogP) is 3.35. The lowest BCUT2D eigenvalue weighted by Crippen LogP contribution is -2.37. The number of nitrogens with zero attached hydrogens (tertiary/aromatic N) is 2. The molecule has 1 amide bonds. The molecule has 2 rings (SSSR count). The zero-order valence-electron chi connectivity index (χ0n) is 15.1. The van der Waals surface area contributed by atoms with E-state index in [4.69, 9.17) is 0 Å². The lowest BCUT2D eigenvalue weighted by molar-refractivity contribution is -0.119. The summed E-state index contributed by atoms with van der Waals surface area (Å²) in [5.41, 5.74) is 0.998. The van der Waals surface area contributed by atoms with Crippen LogP contribution < -0.4 is 10.9 Å². The van der Waals surface area contributed by atoms with E-state index in [0.717, 1.165) is 15.3 Å². The summed E-state index contributed by atoms with van der Waals surface area (Å²) < 4.78 is 1.66. The van der Waals surface area contributed by atoms with Crippen molar-refractivity contribution in [3.8, 4) is 0 Å². The fourth-order valence-corrected chi connectivity index (χ4v) is 4.23. The normalized spacial score (nSPS) is 12.8. The first-order valence-corrected chi connectivity index (χ1v) is 9.99. The average molecular weight is 368 g/mol. The van der Waals surface area contributed by atoms with Crippen molar-refractivity contribution < 1.29 is 4.79 Å². The molecule has 5 nitrogen and oxygen atoms in total. The van der Waals surface area contributed by atoms with Crippen molar-refractivity contribution in [3.63, 3.8) is 0 Å². The number of fused-ring (bicyclic) bond motifs is 1. The highest BCUT2D eigenvalue weighted by Crippen LogP contribution is 2.28. The third kappa shape index (κ3) is 3.83. The quantitative estimate of drug-likeness (QED) is 0.628. The van der Waals surface area contributed by atoms with Gasteiger partial charge in [-0.3, -0.25) is 14.2 Å². The smallest absolute Gasteiger partial charge is 0.263 e. The number of amides is 1. The molecule has 132 valence electrons. The highest BCUT2D eigenvalue weighted by molar-refractivity contribution is 7.99.